The molecule has 0 saturated heterocycles. The summed E-state index contributed by atoms with van der Waals surface area (Å²) in [6.45, 7) is 0. The van der Waals surface area contributed by atoms with Gasteiger partial charge >= 0.3 is 0 Å². The van der Waals surface area contributed by atoms with Crippen molar-refractivity contribution in [1.82, 2.24) is 9.97 Å². The van der Waals surface area contributed by atoms with Gasteiger partial charge in [-0.3, -0.25) is 0 Å². The molecule has 0 aliphatic heterocycles. The summed E-state index contributed by atoms with van der Waals surface area (Å²) in [5, 5.41) is 1.04. The molecule has 0 bridgehead atoms. The van der Waals surface area contributed by atoms with E-state index in [0.29, 0.717) is 0 Å². The van der Waals surface area contributed by atoms with Gasteiger partial charge in [0.15, 0.2) is 0 Å². The van der Waals surface area contributed by atoms with Crippen molar-refractivity contribution in [1.29, 1.82) is 0 Å². The molecule has 0 amide bonds. The molecule has 0 radical (unpaired) electrons. The van der Waals surface area contributed by atoms with E-state index in [4.69, 9.17) is 5.73 Å². The topological polar surface area (TPSA) is 51.8 Å². The number of hydrogen-bond acceptors (Lipinski definition) is 4. The number of fused-ring (bicyclic) bond motifs is 1. The summed E-state index contributed by atoms with van der Waals surface area (Å²) in [6.07, 6.45) is 2.55. The summed E-state index contributed by atoms with van der Waals surface area (Å²) >= 11 is 1.62. The summed E-state index contributed by atoms with van der Waals surface area (Å²) in [5.74, 6) is 0. The van der Waals surface area contributed by atoms with Crippen molar-refractivity contribution in [2.75, 3.05) is 0 Å². The molecule has 0 fully saturated rings. The normalized spacial score (nSPS) is 12.7. The van der Waals surface area contributed by atoms with Gasteiger partial charge in [0.05, 0.1) is 5.01 Å². The Bertz CT molecular complexity index is 615. The Kier molecular flexibility index (Phi) is 3.04. The fraction of sp³-hybridized carbons (Fsp3) is 0.143. The third kappa shape index (κ3) is 2.25. The van der Waals surface area contributed by atoms with Crippen LogP contribution in [0.5, 0.6) is 0 Å². The molecule has 0 saturated carbocycles. The highest BCUT2D eigenvalue weighted by Gasteiger charge is 2.10. The highest BCUT2D eigenvalue weighted by atomic mass is 32.1. The minimum Gasteiger partial charge on any atom is -0.324 e. The summed E-state index contributed by atoms with van der Waals surface area (Å²) in [6, 6.07) is 14.0. The second kappa shape index (κ2) is 4.84. The maximum absolute atomic E-state index is 6.20. The van der Waals surface area contributed by atoms with Gasteiger partial charge in [0.25, 0.3) is 0 Å². The average molecular weight is 255 g/mol. The molecule has 0 aliphatic carbocycles. The molecule has 0 spiro atoms. The third-order valence-electron chi connectivity index (χ3n) is 2.83. The van der Waals surface area contributed by atoms with Crippen molar-refractivity contribution in [3.8, 4) is 0 Å². The van der Waals surface area contributed by atoms with Crippen LogP contribution in [0.4, 0.5) is 0 Å². The lowest BCUT2D eigenvalue weighted by molar-refractivity contribution is 0.719. The highest BCUT2D eigenvalue weighted by Crippen LogP contribution is 2.23. The number of pyridine rings is 1. The smallest absolute Gasteiger partial charge is 0.143 e. The Morgan fingerprint density at radius 2 is 1.94 bits per heavy atom. The van der Waals surface area contributed by atoms with Crippen LogP contribution in [0.2, 0.25) is 0 Å². The maximum atomic E-state index is 6.20. The van der Waals surface area contributed by atoms with Gasteiger partial charge in [-0.25, -0.2) is 9.97 Å². The number of nitrogens with two attached hydrogens (primary N) is 1. The molecular formula is C14H13N3S. The summed E-state index contributed by atoms with van der Waals surface area (Å²) in [5.41, 5.74) is 8.29. The van der Waals surface area contributed by atoms with Gasteiger partial charge in [-0.15, -0.1) is 0 Å². The van der Waals surface area contributed by atoms with Crippen LogP contribution in [0.1, 0.15) is 16.6 Å². The molecule has 3 aromatic rings. The van der Waals surface area contributed by atoms with Crippen LogP contribution in [-0.2, 0) is 6.42 Å². The van der Waals surface area contributed by atoms with Crippen molar-refractivity contribution < 1.29 is 0 Å². The number of nitrogens with zero attached hydrogens (tertiary/aromatic N) is 2. The van der Waals surface area contributed by atoms with E-state index in [9.17, 15) is 0 Å². The van der Waals surface area contributed by atoms with Crippen LogP contribution in [-0.4, -0.2) is 9.97 Å². The van der Waals surface area contributed by atoms with E-state index in [1.807, 2.05) is 30.3 Å². The number of hydrogen-bond donors (Lipinski definition) is 1. The molecule has 2 aromatic heterocycles. The van der Waals surface area contributed by atoms with E-state index >= 15 is 0 Å². The van der Waals surface area contributed by atoms with Gasteiger partial charge in [-0.1, -0.05) is 41.7 Å². The van der Waals surface area contributed by atoms with Gasteiger partial charge < -0.3 is 5.73 Å². The first kappa shape index (κ1) is 11.3. The van der Waals surface area contributed by atoms with Gasteiger partial charge in [-0.2, -0.15) is 0 Å². The summed E-state index contributed by atoms with van der Waals surface area (Å²) in [7, 11) is 0. The minimum atomic E-state index is -0.00763. The van der Waals surface area contributed by atoms with E-state index in [-0.39, 0.29) is 6.04 Å². The third-order valence-corrected chi connectivity index (χ3v) is 3.83. The maximum Gasteiger partial charge on any atom is 0.143 e. The first-order valence-corrected chi connectivity index (χ1v) is 6.65. The lowest BCUT2D eigenvalue weighted by atomic mass is 10.1. The first-order chi connectivity index (χ1) is 8.83. The number of aromatic nitrogens is 2. The Labute approximate surface area is 109 Å². The van der Waals surface area contributed by atoms with Crippen LogP contribution >= 0.6 is 11.3 Å². The Morgan fingerprint density at radius 3 is 2.72 bits per heavy atom. The van der Waals surface area contributed by atoms with Crippen LogP contribution in [0.25, 0.3) is 10.3 Å². The molecular weight excluding hydrogens is 242 g/mol. The molecule has 18 heavy (non-hydrogen) atoms. The molecule has 1 aromatic carbocycles. The zero-order valence-electron chi connectivity index (χ0n) is 9.78. The predicted molar refractivity (Wildman–Crippen MR) is 74.5 cm³/mol. The zero-order chi connectivity index (χ0) is 12.4. The molecule has 2 N–H and O–H groups in total. The summed E-state index contributed by atoms with van der Waals surface area (Å²) in [4.78, 5) is 9.83. The average Bonchev–Trinajstić information content (AvgIpc) is 2.82. The van der Waals surface area contributed by atoms with Crippen molar-refractivity contribution in [2.45, 2.75) is 12.5 Å². The molecule has 3 nitrogen and oxygen atoms in total. The van der Waals surface area contributed by atoms with Gasteiger partial charge in [0.1, 0.15) is 10.3 Å². The molecule has 4 heteroatoms. The predicted octanol–water partition coefficient (Wildman–Crippen LogP) is 2.93. The van der Waals surface area contributed by atoms with Gasteiger partial charge in [0.2, 0.25) is 0 Å². The van der Waals surface area contributed by atoms with Gasteiger partial charge in [-0.05, 0) is 17.7 Å². The van der Waals surface area contributed by atoms with Gasteiger partial charge in [0, 0.05) is 18.7 Å². The fourth-order valence-corrected chi connectivity index (χ4v) is 2.87. The van der Waals surface area contributed by atoms with Crippen LogP contribution in [0.15, 0.2) is 48.7 Å². The molecule has 2 heterocycles. The monoisotopic (exact) mass is 255 g/mol. The lowest BCUT2D eigenvalue weighted by Crippen LogP contribution is -2.12. The van der Waals surface area contributed by atoms with Crippen molar-refractivity contribution in [2.24, 2.45) is 5.73 Å². The highest BCUT2D eigenvalue weighted by molar-refractivity contribution is 7.18. The van der Waals surface area contributed by atoms with E-state index < -0.39 is 0 Å². The Morgan fingerprint density at radius 1 is 1.11 bits per heavy atom. The van der Waals surface area contributed by atoms with Crippen molar-refractivity contribution in [3.05, 3.63) is 59.2 Å². The van der Waals surface area contributed by atoms with Crippen LogP contribution < -0.4 is 5.73 Å². The van der Waals surface area contributed by atoms with Crippen LogP contribution in [0.3, 0.4) is 0 Å². The van der Waals surface area contributed by atoms with E-state index in [2.05, 4.69) is 22.1 Å². The summed E-state index contributed by atoms with van der Waals surface area (Å²) < 4.78 is 0. The number of rotatable bonds is 3. The van der Waals surface area contributed by atoms with Crippen LogP contribution in [0, 0.1) is 0 Å². The second-order valence-corrected chi connectivity index (χ2v) is 5.22. The SMILES string of the molecule is NC(Cc1nc2cccnc2s1)c1ccccc1. The number of thiazole rings is 1. The standard InChI is InChI=1S/C14H13N3S/c15-11(10-5-2-1-3-6-10)9-13-17-12-7-4-8-16-14(12)18-13/h1-8,11H,9,15H2. The molecule has 3 rings (SSSR count). The molecule has 90 valence electrons. The van der Waals surface area contributed by atoms with E-state index in [0.717, 1.165) is 27.3 Å². The Balaban J connectivity index is 1.84. The number of benzene rings is 1. The van der Waals surface area contributed by atoms with Crippen molar-refractivity contribution in [3.63, 3.8) is 0 Å². The van der Waals surface area contributed by atoms with Crippen molar-refractivity contribution >= 4 is 21.7 Å². The zero-order valence-corrected chi connectivity index (χ0v) is 10.6. The first-order valence-electron chi connectivity index (χ1n) is 5.84. The Hall–Kier alpha value is -1.78. The lowest BCUT2D eigenvalue weighted by Gasteiger charge is -2.09. The second-order valence-electron chi connectivity index (χ2n) is 4.16. The van der Waals surface area contributed by atoms with E-state index in [1.54, 1.807) is 17.5 Å². The quantitative estimate of drug-likeness (QED) is 0.783. The minimum absolute atomic E-state index is 0.00763. The molecule has 1 unspecified atom stereocenters. The molecule has 0 aliphatic rings. The fourth-order valence-electron chi connectivity index (χ4n) is 1.91. The largest absolute Gasteiger partial charge is 0.324 e. The molecule has 1 atom stereocenters. The van der Waals surface area contributed by atoms with E-state index in [1.165, 1.54) is 0 Å².